The molecule has 2 aliphatic rings. The first-order valence-electron chi connectivity index (χ1n) is 8.87. The number of piperazine rings is 1. The number of pyridine rings is 1. The first-order valence-corrected chi connectivity index (χ1v) is 8.87. The summed E-state index contributed by atoms with van der Waals surface area (Å²) < 4.78 is 0. The summed E-state index contributed by atoms with van der Waals surface area (Å²) in [6.45, 7) is 3.25. The Morgan fingerprint density at radius 2 is 1.96 bits per heavy atom. The number of aromatic nitrogens is 1. The van der Waals surface area contributed by atoms with Crippen LogP contribution in [0.25, 0.3) is 10.8 Å². The summed E-state index contributed by atoms with van der Waals surface area (Å²) in [7, 11) is 0. The summed E-state index contributed by atoms with van der Waals surface area (Å²) in [5.41, 5.74) is 0.505. The third-order valence-electron chi connectivity index (χ3n) is 5.13. The minimum Gasteiger partial charge on any atom is -0.336 e. The molecular weight excluding hydrogens is 387 g/mol. The van der Waals surface area contributed by atoms with E-state index >= 15 is 0 Å². The SMILES string of the molecule is Cl.Cl.O=C(c1nccc2ccccc12)N1CCCC(N2CCNCC2=O)C1. The quantitative estimate of drug-likeness (QED) is 0.822. The van der Waals surface area contributed by atoms with Crippen molar-refractivity contribution < 1.29 is 9.59 Å². The van der Waals surface area contributed by atoms with Crippen LogP contribution in [-0.4, -0.2) is 65.4 Å². The average molecular weight is 411 g/mol. The Hall–Kier alpha value is -1.89. The van der Waals surface area contributed by atoms with Gasteiger partial charge >= 0.3 is 0 Å². The fourth-order valence-electron chi connectivity index (χ4n) is 3.84. The summed E-state index contributed by atoms with van der Waals surface area (Å²) in [5.74, 6) is 0.0953. The zero-order valence-electron chi connectivity index (χ0n) is 15.0. The molecule has 1 aromatic heterocycles. The second kappa shape index (κ2) is 9.35. The molecule has 1 aromatic carbocycles. The van der Waals surface area contributed by atoms with Crippen molar-refractivity contribution in [3.8, 4) is 0 Å². The predicted octanol–water partition coefficient (Wildman–Crippen LogP) is 2.11. The van der Waals surface area contributed by atoms with Crippen LogP contribution < -0.4 is 5.32 Å². The maximum atomic E-state index is 13.1. The van der Waals surface area contributed by atoms with Gasteiger partial charge in [-0.2, -0.15) is 0 Å². The normalized spacial score (nSPS) is 20.0. The number of benzene rings is 1. The lowest BCUT2D eigenvalue weighted by atomic mass is 10.0. The highest BCUT2D eigenvalue weighted by molar-refractivity contribution is 6.05. The van der Waals surface area contributed by atoms with Crippen molar-refractivity contribution >= 4 is 47.4 Å². The smallest absolute Gasteiger partial charge is 0.273 e. The zero-order valence-corrected chi connectivity index (χ0v) is 16.6. The first kappa shape index (κ1) is 21.4. The van der Waals surface area contributed by atoms with Crippen LogP contribution in [0.15, 0.2) is 36.5 Å². The maximum Gasteiger partial charge on any atom is 0.273 e. The Morgan fingerprint density at radius 3 is 2.78 bits per heavy atom. The van der Waals surface area contributed by atoms with E-state index in [-0.39, 0.29) is 42.7 Å². The Labute approximate surface area is 171 Å². The van der Waals surface area contributed by atoms with Crippen LogP contribution >= 0.6 is 24.8 Å². The predicted molar refractivity (Wildman–Crippen MR) is 110 cm³/mol. The maximum absolute atomic E-state index is 13.1. The fourth-order valence-corrected chi connectivity index (χ4v) is 3.84. The number of nitrogens with one attached hydrogen (secondary N) is 1. The molecular formula is C19H24Cl2N4O2. The molecule has 6 nitrogen and oxygen atoms in total. The highest BCUT2D eigenvalue weighted by atomic mass is 35.5. The van der Waals surface area contributed by atoms with Gasteiger partial charge in [-0.3, -0.25) is 14.6 Å². The summed E-state index contributed by atoms with van der Waals surface area (Å²) in [5, 5.41) is 5.01. The second-order valence-corrected chi connectivity index (χ2v) is 6.69. The van der Waals surface area contributed by atoms with Crippen molar-refractivity contribution in [2.45, 2.75) is 18.9 Å². The van der Waals surface area contributed by atoms with Gasteiger partial charge < -0.3 is 15.1 Å². The van der Waals surface area contributed by atoms with E-state index in [9.17, 15) is 9.59 Å². The second-order valence-electron chi connectivity index (χ2n) is 6.69. The number of halogens is 2. The number of hydrogen-bond donors (Lipinski definition) is 1. The van der Waals surface area contributed by atoms with E-state index in [4.69, 9.17) is 0 Å². The molecule has 0 saturated carbocycles. The third-order valence-corrected chi connectivity index (χ3v) is 5.13. The number of piperidine rings is 1. The van der Waals surface area contributed by atoms with Crippen LogP contribution in [0.1, 0.15) is 23.3 Å². The van der Waals surface area contributed by atoms with Crippen LogP contribution in [0.3, 0.4) is 0 Å². The fraction of sp³-hybridized carbons (Fsp3) is 0.421. The highest BCUT2D eigenvalue weighted by Crippen LogP contribution is 2.22. The van der Waals surface area contributed by atoms with Gasteiger partial charge in [-0.05, 0) is 24.3 Å². The minimum absolute atomic E-state index is 0. The van der Waals surface area contributed by atoms with E-state index in [0.29, 0.717) is 18.8 Å². The van der Waals surface area contributed by atoms with Gasteiger partial charge in [0.05, 0.1) is 6.54 Å². The van der Waals surface area contributed by atoms with Gasteiger partial charge in [-0.25, -0.2) is 0 Å². The Kier molecular flexibility index (Phi) is 7.41. The lowest BCUT2D eigenvalue weighted by molar-refractivity contribution is -0.135. The molecule has 146 valence electrons. The molecule has 2 saturated heterocycles. The molecule has 2 amide bonds. The molecule has 27 heavy (non-hydrogen) atoms. The van der Waals surface area contributed by atoms with Crippen molar-refractivity contribution in [1.29, 1.82) is 0 Å². The highest BCUT2D eigenvalue weighted by Gasteiger charge is 2.32. The molecule has 2 aliphatic heterocycles. The monoisotopic (exact) mass is 410 g/mol. The molecule has 2 aromatic rings. The molecule has 1 unspecified atom stereocenters. The summed E-state index contributed by atoms with van der Waals surface area (Å²) in [6, 6.07) is 9.86. The summed E-state index contributed by atoms with van der Waals surface area (Å²) in [4.78, 5) is 33.4. The Balaban J connectivity index is 0.00000131. The van der Waals surface area contributed by atoms with E-state index < -0.39 is 0 Å². The number of nitrogens with zero attached hydrogens (tertiary/aromatic N) is 3. The summed E-state index contributed by atoms with van der Waals surface area (Å²) in [6.07, 6.45) is 3.56. The number of carbonyl (C=O) groups is 2. The molecule has 1 N–H and O–H groups in total. The number of carbonyl (C=O) groups excluding carboxylic acids is 2. The molecule has 8 heteroatoms. The molecule has 2 fully saturated rings. The van der Waals surface area contributed by atoms with E-state index in [2.05, 4.69) is 10.3 Å². The molecule has 3 heterocycles. The molecule has 0 bridgehead atoms. The Bertz CT molecular complexity index is 812. The van der Waals surface area contributed by atoms with Gasteiger partial charge in [0.15, 0.2) is 0 Å². The van der Waals surface area contributed by atoms with Crippen LogP contribution in [-0.2, 0) is 4.79 Å². The van der Waals surface area contributed by atoms with Crippen LogP contribution in [0.5, 0.6) is 0 Å². The van der Waals surface area contributed by atoms with Gasteiger partial charge in [0, 0.05) is 43.8 Å². The van der Waals surface area contributed by atoms with Crippen molar-refractivity contribution in [2.24, 2.45) is 0 Å². The van der Waals surface area contributed by atoms with Crippen molar-refractivity contribution in [2.75, 3.05) is 32.7 Å². The van der Waals surface area contributed by atoms with Gasteiger partial charge in [-0.15, -0.1) is 24.8 Å². The largest absolute Gasteiger partial charge is 0.336 e. The summed E-state index contributed by atoms with van der Waals surface area (Å²) >= 11 is 0. The molecule has 0 spiro atoms. The first-order chi connectivity index (χ1) is 12.2. The number of rotatable bonds is 2. The van der Waals surface area contributed by atoms with E-state index in [1.165, 1.54) is 0 Å². The zero-order chi connectivity index (χ0) is 17.2. The third kappa shape index (κ3) is 4.34. The van der Waals surface area contributed by atoms with E-state index in [0.717, 1.165) is 43.2 Å². The average Bonchev–Trinajstić information content (AvgIpc) is 2.67. The molecule has 1 atom stereocenters. The van der Waals surface area contributed by atoms with Gasteiger partial charge in [-0.1, -0.05) is 24.3 Å². The van der Waals surface area contributed by atoms with Crippen LogP contribution in [0.2, 0.25) is 0 Å². The lowest BCUT2D eigenvalue weighted by Crippen LogP contribution is -2.57. The Morgan fingerprint density at radius 1 is 1.15 bits per heavy atom. The lowest BCUT2D eigenvalue weighted by Gasteiger charge is -2.41. The van der Waals surface area contributed by atoms with Gasteiger partial charge in [0.1, 0.15) is 5.69 Å². The topological polar surface area (TPSA) is 65.5 Å². The number of fused-ring (bicyclic) bond motifs is 1. The van der Waals surface area contributed by atoms with Gasteiger partial charge in [0.2, 0.25) is 5.91 Å². The molecule has 0 radical (unpaired) electrons. The molecule has 4 rings (SSSR count). The number of likely N-dealkylation sites (tertiary alicyclic amines) is 1. The van der Waals surface area contributed by atoms with Crippen LogP contribution in [0, 0.1) is 0 Å². The van der Waals surface area contributed by atoms with Crippen molar-refractivity contribution in [1.82, 2.24) is 20.1 Å². The minimum atomic E-state index is -0.0379. The standard InChI is InChI=1S/C19H22N4O2.2ClH/c24-17-12-20-9-11-23(17)15-5-3-10-22(13-15)19(25)18-16-6-2-1-4-14(16)7-8-21-18;;/h1-2,4,6-8,15,20H,3,5,9-13H2;2*1H. The number of amides is 2. The van der Waals surface area contributed by atoms with E-state index in [1.54, 1.807) is 6.20 Å². The van der Waals surface area contributed by atoms with Crippen LogP contribution in [0.4, 0.5) is 0 Å². The molecule has 0 aliphatic carbocycles. The number of hydrogen-bond acceptors (Lipinski definition) is 4. The van der Waals surface area contributed by atoms with E-state index in [1.807, 2.05) is 40.1 Å². The van der Waals surface area contributed by atoms with Gasteiger partial charge in [0.25, 0.3) is 5.91 Å². The van der Waals surface area contributed by atoms with Crippen molar-refractivity contribution in [3.63, 3.8) is 0 Å². The van der Waals surface area contributed by atoms with Crippen molar-refractivity contribution in [3.05, 3.63) is 42.2 Å².